The summed E-state index contributed by atoms with van der Waals surface area (Å²) in [7, 11) is -4.22. The van der Waals surface area contributed by atoms with E-state index in [1.54, 1.807) is 60.7 Å². The molecule has 1 N–H and O–H groups in total. The summed E-state index contributed by atoms with van der Waals surface area (Å²) in [6, 6.07) is 28.7. The first-order valence-electron chi connectivity index (χ1n) is 14.2. The minimum atomic E-state index is -4.22. The molecule has 0 heterocycles. The number of hydrogen-bond acceptors (Lipinski definition) is 4. The first kappa shape index (κ1) is 32.9. The number of carbonyl (C=O) groups is 2. The highest BCUT2D eigenvalue weighted by Crippen LogP contribution is 2.27. The van der Waals surface area contributed by atoms with Gasteiger partial charge in [0.25, 0.3) is 10.0 Å². The standard InChI is InChI=1S/C34H35BrFN3O4S/c1-25(2)22-37-34(41)32(20-26-12-5-3-6-13-26)38(23-27-14-9-10-19-31(27)36)33(40)24-39(29-16-11-15-28(35)21-29)44(42,43)30-17-7-4-8-18-30/h3-19,21,25,32H,20,22-24H2,1-2H3,(H,37,41)/t32-/m0/s1. The minimum absolute atomic E-state index is 0.00365. The van der Waals surface area contributed by atoms with Gasteiger partial charge in [-0.05, 0) is 47.9 Å². The lowest BCUT2D eigenvalue weighted by Crippen LogP contribution is -2.53. The van der Waals surface area contributed by atoms with E-state index in [1.165, 1.54) is 23.1 Å². The first-order valence-corrected chi connectivity index (χ1v) is 16.5. The Morgan fingerprint density at radius 2 is 1.50 bits per heavy atom. The fourth-order valence-electron chi connectivity index (χ4n) is 4.67. The lowest BCUT2D eigenvalue weighted by molar-refractivity contribution is -0.140. The molecule has 1 atom stereocenters. The van der Waals surface area contributed by atoms with Gasteiger partial charge in [-0.3, -0.25) is 13.9 Å². The molecule has 0 aliphatic carbocycles. The van der Waals surface area contributed by atoms with Crippen molar-refractivity contribution in [2.45, 2.75) is 37.8 Å². The highest BCUT2D eigenvalue weighted by molar-refractivity contribution is 9.10. The molecule has 0 bridgehead atoms. The normalized spacial score (nSPS) is 12.0. The van der Waals surface area contributed by atoms with E-state index >= 15 is 0 Å². The van der Waals surface area contributed by atoms with Crippen LogP contribution in [-0.4, -0.2) is 44.3 Å². The van der Waals surface area contributed by atoms with Crippen molar-refractivity contribution in [3.8, 4) is 0 Å². The number of halogens is 2. The van der Waals surface area contributed by atoms with Crippen LogP contribution in [0.15, 0.2) is 119 Å². The van der Waals surface area contributed by atoms with Crippen LogP contribution in [0.25, 0.3) is 0 Å². The van der Waals surface area contributed by atoms with Crippen LogP contribution < -0.4 is 9.62 Å². The maximum Gasteiger partial charge on any atom is 0.264 e. The predicted octanol–water partition coefficient (Wildman–Crippen LogP) is 6.20. The van der Waals surface area contributed by atoms with Gasteiger partial charge in [0, 0.05) is 29.5 Å². The van der Waals surface area contributed by atoms with Crippen molar-refractivity contribution in [3.63, 3.8) is 0 Å². The summed E-state index contributed by atoms with van der Waals surface area (Å²) >= 11 is 3.40. The van der Waals surface area contributed by atoms with Gasteiger partial charge >= 0.3 is 0 Å². The highest BCUT2D eigenvalue weighted by Gasteiger charge is 2.35. The summed E-state index contributed by atoms with van der Waals surface area (Å²) in [4.78, 5) is 29.4. The Kier molecular flexibility index (Phi) is 11.3. The molecule has 0 aliphatic heterocycles. The summed E-state index contributed by atoms with van der Waals surface area (Å²) in [5, 5.41) is 2.92. The zero-order valence-corrected chi connectivity index (χ0v) is 27.0. The van der Waals surface area contributed by atoms with Crippen LogP contribution in [0.3, 0.4) is 0 Å². The molecule has 0 unspecified atom stereocenters. The summed E-state index contributed by atoms with van der Waals surface area (Å²) < 4.78 is 44.6. The Labute approximate surface area is 266 Å². The van der Waals surface area contributed by atoms with Crippen molar-refractivity contribution in [2.24, 2.45) is 5.92 Å². The number of nitrogens with zero attached hydrogens (tertiary/aromatic N) is 2. The molecular weight excluding hydrogens is 645 g/mol. The summed E-state index contributed by atoms with van der Waals surface area (Å²) in [5.74, 6) is -1.46. The average molecular weight is 681 g/mol. The van der Waals surface area contributed by atoms with Crippen LogP contribution in [0.1, 0.15) is 25.0 Å². The molecule has 0 spiro atoms. The molecule has 4 rings (SSSR count). The van der Waals surface area contributed by atoms with E-state index in [-0.39, 0.29) is 35.0 Å². The summed E-state index contributed by atoms with van der Waals surface area (Å²) in [6.07, 6.45) is 0.146. The molecule has 0 aliphatic rings. The van der Waals surface area contributed by atoms with Gasteiger partial charge in [0.15, 0.2) is 0 Å². The molecule has 4 aromatic rings. The molecule has 0 saturated carbocycles. The Hall–Kier alpha value is -4.02. The number of sulfonamides is 1. The quantitative estimate of drug-likeness (QED) is 0.182. The molecule has 44 heavy (non-hydrogen) atoms. The van der Waals surface area contributed by atoms with Gasteiger partial charge in [0.1, 0.15) is 18.4 Å². The van der Waals surface area contributed by atoms with Crippen LogP contribution >= 0.6 is 15.9 Å². The third-order valence-corrected chi connectivity index (χ3v) is 9.24. The Morgan fingerprint density at radius 1 is 0.864 bits per heavy atom. The molecule has 2 amide bonds. The smallest absolute Gasteiger partial charge is 0.264 e. The zero-order valence-electron chi connectivity index (χ0n) is 24.6. The Balaban J connectivity index is 1.80. The third kappa shape index (κ3) is 8.54. The zero-order chi connectivity index (χ0) is 31.7. The number of anilines is 1. The highest BCUT2D eigenvalue weighted by atomic mass is 79.9. The van der Waals surface area contributed by atoms with E-state index < -0.39 is 40.2 Å². The second-order valence-corrected chi connectivity index (χ2v) is 13.5. The minimum Gasteiger partial charge on any atom is -0.354 e. The monoisotopic (exact) mass is 679 g/mol. The number of benzene rings is 4. The van der Waals surface area contributed by atoms with Gasteiger partial charge in [0.05, 0.1) is 10.6 Å². The second-order valence-electron chi connectivity index (χ2n) is 10.8. The lowest BCUT2D eigenvalue weighted by atomic mass is 10.0. The fraction of sp³-hybridized carbons (Fsp3) is 0.235. The molecule has 4 aromatic carbocycles. The van der Waals surface area contributed by atoms with E-state index in [4.69, 9.17) is 0 Å². The number of amides is 2. The molecule has 0 radical (unpaired) electrons. The van der Waals surface area contributed by atoms with Crippen molar-refractivity contribution in [3.05, 3.63) is 131 Å². The first-order chi connectivity index (χ1) is 21.1. The molecule has 0 saturated heterocycles. The maximum atomic E-state index is 15.0. The lowest BCUT2D eigenvalue weighted by Gasteiger charge is -2.34. The van der Waals surface area contributed by atoms with Crippen LogP contribution in [0.4, 0.5) is 10.1 Å². The van der Waals surface area contributed by atoms with E-state index in [2.05, 4.69) is 21.2 Å². The van der Waals surface area contributed by atoms with Gasteiger partial charge in [-0.1, -0.05) is 103 Å². The van der Waals surface area contributed by atoms with Gasteiger partial charge in [-0.15, -0.1) is 0 Å². The van der Waals surface area contributed by atoms with Crippen molar-refractivity contribution in [1.82, 2.24) is 10.2 Å². The Morgan fingerprint density at radius 3 is 2.14 bits per heavy atom. The van der Waals surface area contributed by atoms with Crippen molar-refractivity contribution >= 4 is 43.5 Å². The van der Waals surface area contributed by atoms with Crippen LogP contribution in [-0.2, 0) is 32.6 Å². The number of carbonyl (C=O) groups excluding carboxylic acids is 2. The fourth-order valence-corrected chi connectivity index (χ4v) is 6.48. The molecule has 7 nitrogen and oxygen atoms in total. The third-order valence-electron chi connectivity index (χ3n) is 6.96. The van der Waals surface area contributed by atoms with E-state index in [9.17, 15) is 22.4 Å². The largest absolute Gasteiger partial charge is 0.354 e. The van der Waals surface area contributed by atoms with Crippen LogP contribution in [0, 0.1) is 11.7 Å². The van der Waals surface area contributed by atoms with Crippen molar-refractivity contribution in [1.29, 1.82) is 0 Å². The molecule has 0 aromatic heterocycles. The van der Waals surface area contributed by atoms with E-state index in [0.717, 1.165) is 9.87 Å². The number of rotatable bonds is 13. The van der Waals surface area contributed by atoms with E-state index in [0.29, 0.717) is 11.0 Å². The second kappa shape index (κ2) is 15.1. The summed E-state index contributed by atoms with van der Waals surface area (Å²) in [5.41, 5.74) is 1.26. The predicted molar refractivity (Wildman–Crippen MR) is 174 cm³/mol. The maximum absolute atomic E-state index is 15.0. The van der Waals surface area contributed by atoms with Crippen molar-refractivity contribution in [2.75, 3.05) is 17.4 Å². The van der Waals surface area contributed by atoms with Gasteiger partial charge in [-0.2, -0.15) is 0 Å². The van der Waals surface area contributed by atoms with Crippen LogP contribution in [0.2, 0.25) is 0 Å². The molecular formula is C34H35BrFN3O4S. The molecule has 10 heteroatoms. The SMILES string of the molecule is CC(C)CNC(=O)[C@H](Cc1ccccc1)N(Cc1ccccc1F)C(=O)CN(c1cccc(Br)c1)S(=O)(=O)c1ccccc1. The molecule has 230 valence electrons. The van der Waals surface area contributed by atoms with Crippen LogP contribution in [0.5, 0.6) is 0 Å². The van der Waals surface area contributed by atoms with Crippen molar-refractivity contribution < 1.29 is 22.4 Å². The number of nitrogens with one attached hydrogen (secondary N) is 1. The Bertz CT molecular complexity index is 1670. The van der Waals surface area contributed by atoms with Gasteiger partial charge in [0.2, 0.25) is 11.8 Å². The average Bonchev–Trinajstić information content (AvgIpc) is 3.02. The summed E-state index contributed by atoms with van der Waals surface area (Å²) in [6.45, 7) is 3.43. The topological polar surface area (TPSA) is 86.8 Å². The van der Waals surface area contributed by atoms with Gasteiger partial charge < -0.3 is 10.2 Å². The number of hydrogen-bond donors (Lipinski definition) is 1. The molecule has 0 fully saturated rings. The van der Waals surface area contributed by atoms with Gasteiger partial charge in [-0.25, -0.2) is 12.8 Å². The van der Waals surface area contributed by atoms with E-state index in [1.807, 2.05) is 44.2 Å².